The summed E-state index contributed by atoms with van der Waals surface area (Å²) in [5.41, 5.74) is 1.38. The summed E-state index contributed by atoms with van der Waals surface area (Å²) in [6.45, 7) is 0. The molecule has 2 heteroatoms. The first kappa shape index (κ1) is 7.92. The van der Waals surface area contributed by atoms with E-state index in [1.54, 1.807) is 7.11 Å². The molecule has 0 spiro atoms. The van der Waals surface area contributed by atoms with E-state index in [0.29, 0.717) is 0 Å². The Balaban J connectivity index is 2.87. The summed E-state index contributed by atoms with van der Waals surface area (Å²) >= 11 is 1.28. The van der Waals surface area contributed by atoms with E-state index in [2.05, 4.69) is 12.1 Å². The van der Waals surface area contributed by atoms with Crippen LogP contribution in [-0.4, -0.2) is 29.6 Å². The fraction of sp³-hybridized carbons (Fsp3) is 0.250. The van der Waals surface area contributed by atoms with Gasteiger partial charge in [0.05, 0.1) is 0 Å². The van der Waals surface area contributed by atoms with Crippen molar-refractivity contribution in [1.29, 1.82) is 0 Å². The second-order valence-corrected chi connectivity index (χ2v) is 3.22. The second kappa shape index (κ2) is 3.86. The third-order valence-corrected chi connectivity index (χ3v) is 2.72. The fourth-order valence-corrected chi connectivity index (χ4v) is 1.52. The van der Waals surface area contributed by atoms with Crippen molar-refractivity contribution < 1.29 is 4.74 Å². The normalized spacial score (nSPS) is 9.40. The van der Waals surface area contributed by atoms with Crippen LogP contribution in [0.5, 0.6) is 5.75 Å². The molecular weight excluding hydrogens is 231 g/mol. The molecule has 1 rings (SSSR count). The first-order chi connectivity index (χ1) is 4.86. The topological polar surface area (TPSA) is 9.23 Å². The van der Waals surface area contributed by atoms with E-state index < -0.39 is 0 Å². The third-order valence-electron chi connectivity index (χ3n) is 1.37. The fourth-order valence-electron chi connectivity index (χ4n) is 0.799. The zero-order valence-corrected chi connectivity index (χ0v) is 9.30. The van der Waals surface area contributed by atoms with Gasteiger partial charge in [-0.25, -0.2) is 0 Å². The van der Waals surface area contributed by atoms with Crippen molar-refractivity contribution in [2.24, 2.45) is 0 Å². The Morgan fingerprint density at radius 1 is 1.50 bits per heavy atom. The monoisotopic (exact) mass is 242 g/mol. The number of benzene rings is 1. The molecule has 1 nitrogen and oxygen atoms in total. The molecule has 0 aliphatic heterocycles. The SMILES string of the molecule is COc1cccc([CH2][SnH])c1. The number of methoxy groups -OCH3 is 1. The van der Waals surface area contributed by atoms with Gasteiger partial charge in [0.25, 0.3) is 0 Å². The molecule has 0 saturated carbocycles. The molecule has 52 valence electrons. The Kier molecular flexibility index (Phi) is 3.06. The number of hydrogen-bond acceptors (Lipinski definition) is 1. The third kappa shape index (κ3) is 1.90. The van der Waals surface area contributed by atoms with Crippen LogP contribution in [0.25, 0.3) is 0 Å². The molecule has 0 bridgehead atoms. The number of hydrogen-bond donors (Lipinski definition) is 0. The zero-order valence-electron chi connectivity index (χ0n) is 6.00. The predicted molar refractivity (Wildman–Crippen MR) is 43.8 cm³/mol. The Bertz CT molecular complexity index is 191. The van der Waals surface area contributed by atoms with Gasteiger partial charge in [-0.15, -0.1) is 0 Å². The van der Waals surface area contributed by atoms with Crippen molar-refractivity contribution >= 4 is 22.5 Å². The van der Waals surface area contributed by atoms with E-state index in [9.17, 15) is 0 Å². The molecule has 0 fully saturated rings. The molecule has 10 heavy (non-hydrogen) atoms. The van der Waals surface area contributed by atoms with Crippen molar-refractivity contribution in [1.82, 2.24) is 0 Å². The first-order valence-corrected chi connectivity index (χ1v) is 5.53. The van der Waals surface area contributed by atoms with Crippen LogP contribution in [0.2, 0.25) is 0 Å². The van der Waals surface area contributed by atoms with Crippen LogP contribution in [0.4, 0.5) is 0 Å². The van der Waals surface area contributed by atoms with Gasteiger partial charge in [0.1, 0.15) is 0 Å². The average molecular weight is 241 g/mol. The molecule has 0 N–H and O–H groups in total. The van der Waals surface area contributed by atoms with Crippen molar-refractivity contribution in [2.45, 2.75) is 4.44 Å². The molecule has 0 aliphatic carbocycles. The zero-order chi connectivity index (χ0) is 7.40. The molecule has 0 amide bonds. The van der Waals surface area contributed by atoms with Gasteiger partial charge in [0.15, 0.2) is 0 Å². The van der Waals surface area contributed by atoms with E-state index in [0.717, 1.165) is 5.75 Å². The van der Waals surface area contributed by atoms with Crippen LogP contribution in [-0.2, 0) is 4.44 Å². The Morgan fingerprint density at radius 3 is 2.90 bits per heavy atom. The molecule has 2 radical (unpaired) electrons. The summed E-state index contributed by atoms with van der Waals surface area (Å²) < 4.78 is 6.27. The van der Waals surface area contributed by atoms with Crippen LogP contribution in [0, 0.1) is 0 Å². The quantitative estimate of drug-likeness (QED) is 0.704. The van der Waals surface area contributed by atoms with Crippen molar-refractivity contribution in [3.63, 3.8) is 0 Å². The summed E-state index contributed by atoms with van der Waals surface area (Å²) in [6.07, 6.45) is 0. The van der Waals surface area contributed by atoms with Crippen molar-refractivity contribution in [3.05, 3.63) is 29.8 Å². The van der Waals surface area contributed by atoms with Gasteiger partial charge in [-0.3, -0.25) is 0 Å². The van der Waals surface area contributed by atoms with Crippen LogP contribution >= 0.6 is 0 Å². The maximum absolute atomic E-state index is 5.07. The van der Waals surface area contributed by atoms with Crippen LogP contribution in [0.15, 0.2) is 24.3 Å². The summed E-state index contributed by atoms with van der Waals surface area (Å²) in [5, 5.41) is 0. The summed E-state index contributed by atoms with van der Waals surface area (Å²) in [6, 6.07) is 8.22. The average Bonchev–Trinajstić information content (AvgIpc) is 2.05. The molecule has 0 aliphatic rings. The molecule has 0 unspecified atom stereocenters. The van der Waals surface area contributed by atoms with E-state index in [-0.39, 0.29) is 0 Å². The molecule has 0 heterocycles. The van der Waals surface area contributed by atoms with Crippen LogP contribution < -0.4 is 4.74 Å². The predicted octanol–water partition coefficient (Wildman–Crippen LogP) is 1.10. The van der Waals surface area contributed by atoms with Gasteiger partial charge >= 0.3 is 74.4 Å². The van der Waals surface area contributed by atoms with Gasteiger partial charge in [-0.05, 0) is 0 Å². The standard InChI is InChI=1S/C8H9O.Sn.H/c1-7-4-3-5-8(6-7)9-2;;/h3-6H,1H2,2H3;;. The summed E-state index contributed by atoms with van der Waals surface area (Å²) in [4.78, 5) is 0. The van der Waals surface area contributed by atoms with E-state index >= 15 is 0 Å². The molecule has 0 atom stereocenters. The first-order valence-electron chi connectivity index (χ1n) is 3.20. The van der Waals surface area contributed by atoms with Crippen LogP contribution in [0.1, 0.15) is 5.56 Å². The Labute approximate surface area is 74.5 Å². The van der Waals surface area contributed by atoms with Gasteiger partial charge in [-0.1, -0.05) is 0 Å². The minimum absolute atomic E-state index is 0.965. The molecule has 0 saturated heterocycles. The van der Waals surface area contributed by atoms with Gasteiger partial charge in [-0.2, -0.15) is 0 Å². The summed E-state index contributed by atoms with van der Waals surface area (Å²) in [5.74, 6) is 0.965. The van der Waals surface area contributed by atoms with Crippen molar-refractivity contribution in [2.75, 3.05) is 7.11 Å². The minimum atomic E-state index is 0.965. The van der Waals surface area contributed by atoms with E-state index in [1.807, 2.05) is 12.1 Å². The van der Waals surface area contributed by atoms with Gasteiger partial charge in [0.2, 0.25) is 0 Å². The maximum atomic E-state index is 5.07. The second-order valence-electron chi connectivity index (χ2n) is 2.06. The Hall–Kier alpha value is -0.181. The van der Waals surface area contributed by atoms with E-state index in [4.69, 9.17) is 4.74 Å². The van der Waals surface area contributed by atoms with Crippen LogP contribution in [0.3, 0.4) is 0 Å². The number of ether oxygens (including phenoxy) is 1. The van der Waals surface area contributed by atoms with Crippen molar-refractivity contribution in [3.8, 4) is 5.75 Å². The van der Waals surface area contributed by atoms with Gasteiger partial charge < -0.3 is 0 Å². The Morgan fingerprint density at radius 2 is 2.30 bits per heavy atom. The number of rotatable bonds is 2. The molecule has 0 aromatic heterocycles. The molecule has 1 aromatic rings. The molecular formula is C8H10OSn. The molecule has 1 aromatic carbocycles. The van der Waals surface area contributed by atoms with Gasteiger partial charge in [0, 0.05) is 0 Å². The summed E-state index contributed by atoms with van der Waals surface area (Å²) in [7, 11) is 1.70. The van der Waals surface area contributed by atoms with E-state index in [1.165, 1.54) is 32.5 Å².